The summed E-state index contributed by atoms with van der Waals surface area (Å²) in [4.78, 5) is 22.1. The van der Waals surface area contributed by atoms with Gasteiger partial charge in [0.1, 0.15) is 12.7 Å². The minimum absolute atomic E-state index is 0.0528. The van der Waals surface area contributed by atoms with Gasteiger partial charge in [-0.25, -0.2) is 9.37 Å². The number of fused-ring (bicyclic) bond motifs is 1. The van der Waals surface area contributed by atoms with Crippen LogP contribution >= 0.6 is 0 Å². The molecule has 1 N–H and O–H groups in total. The van der Waals surface area contributed by atoms with Gasteiger partial charge in [-0.3, -0.25) is 14.5 Å². The van der Waals surface area contributed by atoms with E-state index >= 15 is 0 Å². The van der Waals surface area contributed by atoms with E-state index in [2.05, 4.69) is 25.3 Å². The lowest BCUT2D eigenvalue weighted by atomic mass is 9.73. The van der Waals surface area contributed by atoms with E-state index in [1.54, 1.807) is 23.3 Å². The Kier molecular flexibility index (Phi) is 4.69. The summed E-state index contributed by atoms with van der Waals surface area (Å²) in [7, 11) is 0. The summed E-state index contributed by atoms with van der Waals surface area (Å²) >= 11 is 0. The summed E-state index contributed by atoms with van der Waals surface area (Å²) in [6.07, 6.45) is 9.43. The number of hydrogen-bond acceptors (Lipinski definition) is 6. The van der Waals surface area contributed by atoms with E-state index < -0.39 is 0 Å². The van der Waals surface area contributed by atoms with Gasteiger partial charge in [0.15, 0.2) is 5.82 Å². The van der Waals surface area contributed by atoms with Crippen molar-refractivity contribution >= 4 is 11.6 Å². The van der Waals surface area contributed by atoms with Crippen LogP contribution in [0.5, 0.6) is 0 Å². The van der Waals surface area contributed by atoms with E-state index in [1.807, 2.05) is 0 Å². The Balaban J connectivity index is 1.17. The fraction of sp³-hybridized carbons (Fsp3) is 0.600. The van der Waals surface area contributed by atoms with Gasteiger partial charge in [0.25, 0.3) is 0 Å². The smallest absolute Gasteiger partial charge is 0.220 e. The van der Waals surface area contributed by atoms with Crippen molar-refractivity contribution in [2.45, 2.75) is 43.9 Å². The van der Waals surface area contributed by atoms with Crippen molar-refractivity contribution < 1.29 is 13.9 Å². The Morgan fingerprint density at radius 1 is 1.41 bits per heavy atom. The van der Waals surface area contributed by atoms with Crippen molar-refractivity contribution in [1.82, 2.24) is 25.1 Å². The molecule has 3 aliphatic rings. The highest BCUT2D eigenvalue weighted by molar-refractivity contribution is 5.75. The number of carbonyl (C=O) groups is 1. The van der Waals surface area contributed by atoms with E-state index in [0.717, 1.165) is 25.8 Å². The van der Waals surface area contributed by atoms with Crippen LogP contribution in [-0.4, -0.2) is 57.0 Å². The summed E-state index contributed by atoms with van der Waals surface area (Å²) in [5.41, 5.74) is 0.384. The first-order valence-corrected chi connectivity index (χ1v) is 10.3. The fourth-order valence-electron chi connectivity index (χ4n) is 5.34. The predicted octanol–water partition coefficient (Wildman–Crippen LogP) is 1.39. The summed E-state index contributed by atoms with van der Waals surface area (Å²) in [6.45, 7) is 2.76. The van der Waals surface area contributed by atoms with Gasteiger partial charge >= 0.3 is 0 Å². The van der Waals surface area contributed by atoms with Crippen LogP contribution in [0.25, 0.3) is 0 Å². The number of amides is 1. The molecular formula is C20H25FN6O2. The van der Waals surface area contributed by atoms with Gasteiger partial charge in [-0.15, -0.1) is 0 Å². The number of hydrogen-bond donors (Lipinski definition) is 1. The SMILES string of the molecule is O=C(CCCn1cncn1)NC[C@H]1[C@H]2CN(c3ccncc3F)C[C@]23CC[C@H]1O3. The normalized spacial score (nSPS) is 30.0. The molecule has 2 aromatic rings. The third-order valence-electron chi connectivity index (χ3n) is 6.67. The molecule has 0 aromatic carbocycles. The highest BCUT2D eigenvalue weighted by Crippen LogP contribution is 2.55. The number of anilines is 1. The molecule has 0 aliphatic carbocycles. The van der Waals surface area contributed by atoms with Gasteiger partial charge in [-0.05, 0) is 25.3 Å². The van der Waals surface area contributed by atoms with Crippen LogP contribution in [-0.2, 0) is 16.1 Å². The zero-order valence-electron chi connectivity index (χ0n) is 16.2. The van der Waals surface area contributed by atoms with Gasteiger partial charge in [0, 0.05) is 50.6 Å². The number of carbonyl (C=O) groups excluding carboxylic acids is 1. The minimum Gasteiger partial charge on any atom is -0.369 e. The van der Waals surface area contributed by atoms with Crippen LogP contribution in [0, 0.1) is 17.7 Å². The standard InChI is InChI=1S/C20H25FN6O2/c21-16-9-22-6-4-17(16)26-10-15-14(18-3-5-20(15,11-26)29-18)8-24-19(28)2-1-7-27-13-23-12-25-27/h4,6,9,12-15,18H,1-3,5,7-8,10-11H2,(H,24,28)/t14-,15+,18+,20+/m0/s1. The lowest BCUT2D eigenvalue weighted by molar-refractivity contribution is -0.121. The molecule has 3 aliphatic heterocycles. The van der Waals surface area contributed by atoms with E-state index in [9.17, 15) is 9.18 Å². The Hall–Kier alpha value is -2.55. The summed E-state index contributed by atoms with van der Waals surface area (Å²) in [6, 6.07) is 1.73. The molecule has 2 bridgehead atoms. The summed E-state index contributed by atoms with van der Waals surface area (Å²) in [5, 5.41) is 7.14. The van der Waals surface area contributed by atoms with Gasteiger partial charge in [-0.2, -0.15) is 5.10 Å². The second-order valence-corrected chi connectivity index (χ2v) is 8.30. The van der Waals surface area contributed by atoms with E-state index in [1.165, 1.54) is 12.5 Å². The molecule has 1 amide bonds. The molecule has 5 rings (SSSR count). The number of aryl methyl sites for hydroxylation is 1. The summed E-state index contributed by atoms with van der Waals surface area (Å²) in [5.74, 6) is 0.342. The molecule has 3 fully saturated rings. The first-order valence-electron chi connectivity index (χ1n) is 10.3. The van der Waals surface area contributed by atoms with Crippen LogP contribution in [0.1, 0.15) is 25.7 Å². The number of ether oxygens (including phenoxy) is 1. The van der Waals surface area contributed by atoms with Gasteiger partial charge in [-0.1, -0.05) is 0 Å². The topological polar surface area (TPSA) is 85.2 Å². The monoisotopic (exact) mass is 400 g/mol. The molecule has 9 heteroatoms. The van der Waals surface area contributed by atoms with Crippen molar-refractivity contribution in [3.05, 3.63) is 36.9 Å². The van der Waals surface area contributed by atoms with Crippen LogP contribution in [0.4, 0.5) is 10.1 Å². The van der Waals surface area contributed by atoms with Crippen molar-refractivity contribution in [2.24, 2.45) is 11.8 Å². The van der Waals surface area contributed by atoms with Gasteiger partial charge in [0.05, 0.1) is 23.6 Å². The first kappa shape index (κ1) is 18.5. The van der Waals surface area contributed by atoms with Crippen molar-refractivity contribution in [1.29, 1.82) is 0 Å². The largest absolute Gasteiger partial charge is 0.369 e. The third-order valence-corrected chi connectivity index (χ3v) is 6.67. The number of pyridine rings is 1. The molecular weight excluding hydrogens is 375 g/mol. The molecule has 0 unspecified atom stereocenters. The maximum Gasteiger partial charge on any atom is 0.220 e. The van der Waals surface area contributed by atoms with Crippen molar-refractivity contribution in [3.63, 3.8) is 0 Å². The van der Waals surface area contributed by atoms with Gasteiger partial charge < -0.3 is 15.0 Å². The van der Waals surface area contributed by atoms with Crippen LogP contribution in [0.3, 0.4) is 0 Å². The van der Waals surface area contributed by atoms with E-state index in [-0.39, 0.29) is 29.3 Å². The van der Waals surface area contributed by atoms with Crippen molar-refractivity contribution in [2.75, 3.05) is 24.5 Å². The third kappa shape index (κ3) is 3.37. The number of nitrogens with one attached hydrogen (secondary N) is 1. The van der Waals surface area contributed by atoms with Crippen molar-refractivity contribution in [3.8, 4) is 0 Å². The molecule has 5 heterocycles. The fourth-order valence-corrected chi connectivity index (χ4v) is 5.34. The van der Waals surface area contributed by atoms with E-state index in [4.69, 9.17) is 4.74 Å². The van der Waals surface area contributed by atoms with Crippen LogP contribution < -0.4 is 10.2 Å². The lowest BCUT2D eigenvalue weighted by Crippen LogP contribution is -2.41. The Labute approximate surface area is 168 Å². The number of halogens is 1. The quantitative estimate of drug-likeness (QED) is 0.756. The second kappa shape index (κ2) is 7.37. The average molecular weight is 400 g/mol. The molecule has 0 saturated carbocycles. The molecule has 2 aromatic heterocycles. The zero-order chi connectivity index (χ0) is 19.8. The average Bonchev–Trinajstić information content (AvgIpc) is 3.48. The molecule has 1 spiro atoms. The predicted molar refractivity (Wildman–Crippen MR) is 102 cm³/mol. The maximum atomic E-state index is 14.2. The molecule has 3 saturated heterocycles. The first-order chi connectivity index (χ1) is 14.1. The highest BCUT2D eigenvalue weighted by Gasteiger charge is 2.63. The van der Waals surface area contributed by atoms with Gasteiger partial charge in [0.2, 0.25) is 5.91 Å². The molecule has 0 radical (unpaired) electrons. The Morgan fingerprint density at radius 3 is 3.17 bits per heavy atom. The lowest BCUT2D eigenvalue weighted by Gasteiger charge is -2.29. The van der Waals surface area contributed by atoms with Crippen LogP contribution in [0.2, 0.25) is 0 Å². The molecule has 8 nitrogen and oxygen atoms in total. The van der Waals surface area contributed by atoms with Crippen LogP contribution in [0.15, 0.2) is 31.1 Å². The Morgan fingerprint density at radius 2 is 2.34 bits per heavy atom. The molecule has 29 heavy (non-hydrogen) atoms. The number of rotatable bonds is 7. The zero-order valence-corrected chi connectivity index (χ0v) is 16.2. The number of aromatic nitrogens is 4. The molecule has 4 atom stereocenters. The maximum absolute atomic E-state index is 14.2. The molecule has 154 valence electrons. The van der Waals surface area contributed by atoms with E-state index in [0.29, 0.717) is 37.7 Å². The minimum atomic E-state index is -0.296. The Bertz CT molecular complexity index is 878. The summed E-state index contributed by atoms with van der Waals surface area (Å²) < 4.78 is 22.3. The number of nitrogens with zero attached hydrogens (tertiary/aromatic N) is 5. The second-order valence-electron chi connectivity index (χ2n) is 8.30. The highest BCUT2D eigenvalue weighted by atomic mass is 19.1.